The van der Waals surface area contributed by atoms with Gasteiger partial charge in [0, 0.05) is 18.1 Å². The highest BCUT2D eigenvalue weighted by Gasteiger charge is 2.22. The van der Waals surface area contributed by atoms with Crippen LogP contribution in [0.1, 0.15) is 6.42 Å². The minimum Gasteiger partial charge on any atom is -0.370 e. The lowest BCUT2D eigenvalue weighted by Gasteiger charge is -2.20. The maximum Gasteiger partial charge on any atom is 0.0640 e. The van der Waals surface area contributed by atoms with Crippen LogP contribution in [-0.4, -0.2) is 19.6 Å². The van der Waals surface area contributed by atoms with Gasteiger partial charge >= 0.3 is 0 Å². The Morgan fingerprint density at radius 2 is 2.20 bits per heavy atom. The average Bonchev–Trinajstić information content (AvgIpc) is 2.70. The third-order valence-corrected chi connectivity index (χ3v) is 3.42. The summed E-state index contributed by atoms with van der Waals surface area (Å²) in [6.07, 6.45) is 1.14. The minimum absolute atomic E-state index is 0.583. The maximum atomic E-state index is 6.14. The predicted octanol–water partition coefficient (Wildman–Crippen LogP) is 2.78. The van der Waals surface area contributed by atoms with E-state index in [4.69, 9.17) is 28.9 Å². The highest BCUT2D eigenvalue weighted by atomic mass is 35.5. The lowest BCUT2D eigenvalue weighted by molar-refractivity contribution is 0.602. The van der Waals surface area contributed by atoms with Gasteiger partial charge in [-0.3, -0.25) is 0 Å². The molecule has 0 spiro atoms. The summed E-state index contributed by atoms with van der Waals surface area (Å²) in [5.74, 6) is 0.583. The molecule has 82 valence electrons. The maximum absolute atomic E-state index is 6.14. The summed E-state index contributed by atoms with van der Waals surface area (Å²) >= 11 is 12.1. The van der Waals surface area contributed by atoms with E-state index in [1.807, 2.05) is 18.2 Å². The molecule has 4 heteroatoms. The second kappa shape index (κ2) is 4.60. The van der Waals surface area contributed by atoms with E-state index in [0.29, 0.717) is 5.92 Å². The zero-order valence-corrected chi connectivity index (χ0v) is 9.93. The SMILES string of the molecule is NCC1CCN(c2cc(Cl)ccc2Cl)C1. The second-order valence-corrected chi connectivity index (χ2v) is 4.78. The average molecular weight is 245 g/mol. The summed E-state index contributed by atoms with van der Waals surface area (Å²) < 4.78 is 0. The molecule has 0 aromatic heterocycles. The van der Waals surface area contributed by atoms with Gasteiger partial charge in [-0.15, -0.1) is 0 Å². The molecule has 0 aliphatic carbocycles. The quantitative estimate of drug-likeness (QED) is 0.868. The molecule has 1 fully saturated rings. The zero-order valence-electron chi connectivity index (χ0n) is 8.42. The van der Waals surface area contributed by atoms with Gasteiger partial charge in [-0.1, -0.05) is 23.2 Å². The fraction of sp³-hybridized carbons (Fsp3) is 0.455. The third-order valence-electron chi connectivity index (χ3n) is 2.87. The van der Waals surface area contributed by atoms with E-state index < -0.39 is 0 Å². The van der Waals surface area contributed by atoms with Crippen molar-refractivity contribution in [1.29, 1.82) is 0 Å². The lowest BCUT2D eigenvalue weighted by Crippen LogP contribution is -2.22. The van der Waals surface area contributed by atoms with Crippen LogP contribution in [0.4, 0.5) is 5.69 Å². The summed E-state index contributed by atoms with van der Waals surface area (Å²) in [6.45, 7) is 2.74. The molecular formula is C11H14Cl2N2. The van der Waals surface area contributed by atoms with Gasteiger partial charge in [0.2, 0.25) is 0 Å². The van der Waals surface area contributed by atoms with Crippen LogP contribution in [0.3, 0.4) is 0 Å². The van der Waals surface area contributed by atoms with Crippen LogP contribution in [0.5, 0.6) is 0 Å². The van der Waals surface area contributed by atoms with E-state index >= 15 is 0 Å². The molecule has 1 aliphatic rings. The molecule has 1 aromatic rings. The molecule has 0 saturated carbocycles. The van der Waals surface area contributed by atoms with E-state index in [0.717, 1.165) is 41.8 Å². The number of hydrogen-bond acceptors (Lipinski definition) is 2. The van der Waals surface area contributed by atoms with Crippen LogP contribution in [0.25, 0.3) is 0 Å². The third kappa shape index (κ3) is 2.39. The topological polar surface area (TPSA) is 29.3 Å². The normalized spacial score (nSPS) is 21.0. The van der Waals surface area contributed by atoms with E-state index in [9.17, 15) is 0 Å². The molecule has 0 amide bonds. The molecule has 2 nitrogen and oxygen atoms in total. The van der Waals surface area contributed by atoms with Crippen LogP contribution >= 0.6 is 23.2 Å². The number of benzene rings is 1. The van der Waals surface area contributed by atoms with E-state index in [1.165, 1.54) is 0 Å². The molecule has 1 unspecified atom stereocenters. The Morgan fingerprint density at radius 3 is 2.87 bits per heavy atom. The smallest absolute Gasteiger partial charge is 0.0640 e. The van der Waals surface area contributed by atoms with Crippen molar-refractivity contribution in [2.75, 3.05) is 24.5 Å². The van der Waals surface area contributed by atoms with Gasteiger partial charge in [0.15, 0.2) is 0 Å². The summed E-state index contributed by atoms with van der Waals surface area (Å²) in [5.41, 5.74) is 6.68. The molecule has 0 bridgehead atoms. The minimum atomic E-state index is 0.583. The Kier molecular flexibility index (Phi) is 3.39. The van der Waals surface area contributed by atoms with Crippen molar-refractivity contribution < 1.29 is 0 Å². The van der Waals surface area contributed by atoms with Crippen LogP contribution in [0, 0.1) is 5.92 Å². The second-order valence-electron chi connectivity index (χ2n) is 3.93. The number of nitrogens with zero attached hydrogens (tertiary/aromatic N) is 1. The van der Waals surface area contributed by atoms with Gasteiger partial charge in [-0.05, 0) is 37.1 Å². The highest BCUT2D eigenvalue weighted by Crippen LogP contribution is 2.32. The van der Waals surface area contributed by atoms with Crippen molar-refractivity contribution in [3.8, 4) is 0 Å². The zero-order chi connectivity index (χ0) is 10.8. The Balaban J connectivity index is 2.19. The van der Waals surface area contributed by atoms with Gasteiger partial charge in [0.05, 0.1) is 10.7 Å². The van der Waals surface area contributed by atoms with Crippen LogP contribution in [0.2, 0.25) is 10.0 Å². The van der Waals surface area contributed by atoms with Crippen molar-refractivity contribution in [3.63, 3.8) is 0 Å². The van der Waals surface area contributed by atoms with Crippen LogP contribution in [0.15, 0.2) is 18.2 Å². The Labute approximate surface area is 100.0 Å². The summed E-state index contributed by atoms with van der Waals surface area (Å²) in [4.78, 5) is 2.26. The van der Waals surface area contributed by atoms with E-state index in [-0.39, 0.29) is 0 Å². The fourth-order valence-corrected chi connectivity index (χ4v) is 2.38. The molecule has 15 heavy (non-hydrogen) atoms. The predicted molar refractivity (Wildman–Crippen MR) is 65.8 cm³/mol. The van der Waals surface area contributed by atoms with Crippen molar-refractivity contribution in [2.24, 2.45) is 11.7 Å². The van der Waals surface area contributed by atoms with Crippen molar-refractivity contribution in [2.45, 2.75) is 6.42 Å². The first-order valence-corrected chi connectivity index (χ1v) is 5.86. The van der Waals surface area contributed by atoms with Crippen LogP contribution in [-0.2, 0) is 0 Å². The molecule has 2 N–H and O–H groups in total. The highest BCUT2D eigenvalue weighted by molar-refractivity contribution is 6.35. The molecule has 2 rings (SSSR count). The Morgan fingerprint density at radius 1 is 1.40 bits per heavy atom. The van der Waals surface area contributed by atoms with Crippen molar-refractivity contribution in [1.82, 2.24) is 0 Å². The fourth-order valence-electron chi connectivity index (χ4n) is 1.97. The molecule has 1 atom stereocenters. The summed E-state index contributed by atoms with van der Waals surface area (Å²) in [6, 6.07) is 5.57. The molecular weight excluding hydrogens is 231 g/mol. The molecule has 0 radical (unpaired) electrons. The van der Waals surface area contributed by atoms with E-state index in [1.54, 1.807) is 0 Å². The van der Waals surface area contributed by atoms with Gasteiger partial charge < -0.3 is 10.6 Å². The van der Waals surface area contributed by atoms with Gasteiger partial charge in [0.1, 0.15) is 0 Å². The van der Waals surface area contributed by atoms with Gasteiger partial charge in [-0.25, -0.2) is 0 Å². The number of nitrogens with two attached hydrogens (primary N) is 1. The first-order valence-electron chi connectivity index (χ1n) is 5.11. The molecule has 1 aromatic carbocycles. The first kappa shape index (κ1) is 11.1. The Hall–Kier alpha value is -0.440. The number of hydrogen-bond donors (Lipinski definition) is 1. The summed E-state index contributed by atoms with van der Waals surface area (Å²) in [5, 5.41) is 1.49. The number of halogens is 2. The van der Waals surface area contributed by atoms with Gasteiger partial charge in [0.25, 0.3) is 0 Å². The molecule has 1 heterocycles. The number of rotatable bonds is 2. The lowest BCUT2D eigenvalue weighted by atomic mass is 10.1. The van der Waals surface area contributed by atoms with Crippen molar-refractivity contribution >= 4 is 28.9 Å². The molecule has 1 aliphatic heterocycles. The number of anilines is 1. The molecule has 1 saturated heterocycles. The standard InChI is InChI=1S/C11H14Cl2N2/c12-9-1-2-10(13)11(5-9)15-4-3-8(6-14)7-15/h1-2,5,8H,3-4,6-7,14H2. The van der Waals surface area contributed by atoms with Gasteiger partial charge in [-0.2, -0.15) is 0 Å². The largest absolute Gasteiger partial charge is 0.370 e. The Bertz CT molecular complexity index is 354. The summed E-state index contributed by atoms with van der Waals surface area (Å²) in [7, 11) is 0. The van der Waals surface area contributed by atoms with Crippen LogP contribution < -0.4 is 10.6 Å². The first-order chi connectivity index (χ1) is 7.20. The van der Waals surface area contributed by atoms with E-state index in [2.05, 4.69) is 4.90 Å². The van der Waals surface area contributed by atoms with Crippen molar-refractivity contribution in [3.05, 3.63) is 28.2 Å². The monoisotopic (exact) mass is 244 g/mol.